The Morgan fingerprint density at radius 1 is 1.18 bits per heavy atom. The summed E-state index contributed by atoms with van der Waals surface area (Å²) < 4.78 is 18.7. The fourth-order valence-electron chi connectivity index (χ4n) is 3.00. The van der Waals surface area contributed by atoms with Crippen molar-refractivity contribution < 1.29 is 23.5 Å². The lowest BCUT2D eigenvalue weighted by molar-refractivity contribution is -0.134. The van der Waals surface area contributed by atoms with Crippen LogP contribution in [0.2, 0.25) is 0 Å². The van der Waals surface area contributed by atoms with E-state index in [2.05, 4.69) is 10.6 Å². The number of carbonyl (C=O) groups is 3. The molecule has 146 valence electrons. The number of hydrogen-bond acceptors (Lipinski definition) is 4. The summed E-state index contributed by atoms with van der Waals surface area (Å²) in [4.78, 5) is 38.1. The van der Waals surface area contributed by atoms with E-state index in [9.17, 15) is 18.8 Å². The summed E-state index contributed by atoms with van der Waals surface area (Å²) in [5.74, 6) is -0.923. The highest BCUT2D eigenvalue weighted by molar-refractivity contribution is 6.09. The van der Waals surface area contributed by atoms with Crippen LogP contribution in [-0.4, -0.2) is 36.4 Å². The van der Waals surface area contributed by atoms with Crippen LogP contribution >= 0.6 is 0 Å². The van der Waals surface area contributed by atoms with Gasteiger partial charge in [-0.2, -0.15) is 0 Å². The molecule has 0 aromatic heterocycles. The minimum atomic E-state index is -1.28. The molecule has 0 bridgehead atoms. The molecule has 1 aliphatic heterocycles. The summed E-state index contributed by atoms with van der Waals surface area (Å²) >= 11 is 0. The lowest BCUT2D eigenvalue weighted by atomic mass is 9.92. The molecule has 28 heavy (non-hydrogen) atoms. The van der Waals surface area contributed by atoms with Crippen molar-refractivity contribution in [2.45, 2.75) is 19.0 Å². The summed E-state index contributed by atoms with van der Waals surface area (Å²) in [6.07, 6.45) is 0. The van der Waals surface area contributed by atoms with Crippen LogP contribution in [0.25, 0.3) is 0 Å². The number of nitrogens with zero attached hydrogens (tertiary/aromatic N) is 1. The Hall–Kier alpha value is -3.42. The van der Waals surface area contributed by atoms with E-state index >= 15 is 0 Å². The molecule has 0 unspecified atom stereocenters. The number of halogens is 1. The SMILES string of the molecule is COc1ccc([C@]2(C)NC(=O)N(CC(=O)NCc3ccccc3F)C2=O)cc1. The quantitative estimate of drug-likeness (QED) is 0.744. The molecule has 7 nitrogen and oxygen atoms in total. The van der Waals surface area contributed by atoms with Gasteiger partial charge in [-0.25, -0.2) is 9.18 Å². The Kier molecular flexibility index (Phi) is 5.30. The van der Waals surface area contributed by atoms with E-state index in [1.807, 2.05) is 0 Å². The van der Waals surface area contributed by atoms with E-state index in [0.717, 1.165) is 4.90 Å². The molecule has 1 atom stereocenters. The normalized spacial score (nSPS) is 18.8. The number of urea groups is 1. The van der Waals surface area contributed by atoms with Gasteiger partial charge in [0.15, 0.2) is 0 Å². The van der Waals surface area contributed by atoms with Crippen molar-refractivity contribution in [3.8, 4) is 5.75 Å². The van der Waals surface area contributed by atoms with Gasteiger partial charge in [0, 0.05) is 12.1 Å². The van der Waals surface area contributed by atoms with Crippen LogP contribution in [-0.2, 0) is 21.7 Å². The Morgan fingerprint density at radius 2 is 1.86 bits per heavy atom. The van der Waals surface area contributed by atoms with Crippen molar-refractivity contribution in [1.29, 1.82) is 0 Å². The van der Waals surface area contributed by atoms with Gasteiger partial charge in [0.25, 0.3) is 5.91 Å². The standard InChI is InChI=1S/C20H20FN3O4/c1-20(14-7-9-15(28-2)10-8-14)18(26)24(19(27)23-20)12-17(25)22-11-13-5-3-4-6-16(13)21/h3-10H,11-12H2,1-2H3,(H,22,25)(H,23,27)/t20-/m0/s1. The van der Waals surface area contributed by atoms with Crippen LogP contribution in [0, 0.1) is 5.82 Å². The van der Waals surface area contributed by atoms with Gasteiger partial charge in [0.1, 0.15) is 23.7 Å². The van der Waals surface area contributed by atoms with E-state index in [-0.39, 0.29) is 6.54 Å². The van der Waals surface area contributed by atoms with Gasteiger partial charge in [-0.05, 0) is 30.7 Å². The third-order valence-electron chi connectivity index (χ3n) is 4.68. The molecule has 0 aliphatic carbocycles. The van der Waals surface area contributed by atoms with Crippen LogP contribution in [0.4, 0.5) is 9.18 Å². The number of hydrogen-bond donors (Lipinski definition) is 2. The highest BCUT2D eigenvalue weighted by Crippen LogP contribution is 2.29. The molecule has 0 saturated carbocycles. The smallest absolute Gasteiger partial charge is 0.325 e. The second-order valence-corrected chi connectivity index (χ2v) is 6.54. The molecular weight excluding hydrogens is 365 g/mol. The molecule has 8 heteroatoms. The summed E-state index contributed by atoms with van der Waals surface area (Å²) in [5, 5.41) is 5.15. The first-order valence-corrected chi connectivity index (χ1v) is 8.64. The fraction of sp³-hybridized carbons (Fsp3) is 0.250. The van der Waals surface area contributed by atoms with Crippen molar-refractivity contribution in [2.24, 2.45) is 0 Å². The number of nitrogens with one attached hydrogen (secondary N) is 2. The molecule has 3 rings (SSSR count). The van der Waals surface area contributed by atoms with Crippen LogP contribution in [0.5, 0.6) is 5.75 Å². The molecule has 2 aromatic rings. The predicted octanol–water partition coefficient (Wildman–Crippen LogP) is 1.92. The van der Waals surface area contributed by atoms with Gasteiger partial charge in [0.05, 0.1) is 7.11 Å². The van der Waals surface area contributed by atoms with Gasteiger partial charge in [-0.1, -0.05) is 30.3 Å². The van der Waals surface area contributed by atoms with E-state index < -0.39 is 35.7 Å². The maximum atomic E-state index is 13.6. The van der Waals surface area contributed by atoms with Gasteiger partial charge in [-0.15, -0.1) is 0 Å². The number of ether oxygens (including phenoxy) is 1. The first-order chi connectivity index (χ1) is 13.3. The zero-order valence-electron chi connectivity index (χ0n) is 15.5. The fourth-order valence-corrected chi connectivity index (χ4v) is 3.00. The molecular formula is C20H20FN3O4. The summed E-state index contributed by atoms with van der Waals surface area (Å²) in [6, 6.07) is 12.1. The minimum Gasteiger partial charge on any atom is -0.497 e. The van der Waals surface area contributed by atoms with Gasteiger partial charge >= 0.3 is 6.03 Å². The van der Waals surface area contributed by atoms with Crippen LogP contribution in [0.15, 0.2) is 48.5 Å². The molecule has 1 saturated heterocycles. The number of amides is 4. The van der Waals surface area contributed by atoms with Crippen LogP contribution in [0.3, 0.4) is 0 Å². The third kappa shape index (κ3) is 3.66. The van der Waals surface area contributed by atoms with Gasteiger partial charge in [0.2, 0.25) is 5.91 Å². The lowest BCUT2D eigenvalue weighted by Crippen LogP contribution is -2.43. The number of carbonyl (C=O) groups excluding carboxylic acids is 3. The highest BCUT2D eigenvalue weighted by atomic mass is 19.1. The average molecular weight is 385 g/mol. The molecule has 1 aliphatic rings. The van der Waals surface area contributed by atoms with E-state index in [1.165, 1.54) is 13.2 Å². The maximum Gasteiger partial charge on any atom is 0.325 e. The molecule has 2 aromatic carbocycles. The zero-order chi connectivity index (χ0) is 20.3. The summed E-state index contributed by atoms with van der Waals surface area (Å²) in [5.41, 5.74) is -0.396. The highest BCUT2D eigenvalue weighted by Gasteiger charge is 2.49. The number of benzene rings is 2. The summed E-state index contributed by atoms with van der Waals surface area (Å²) in [7, 11) is 1.53. The largest absolute Gasteiger partial charge is 0.497 e. The van der Waals surface area contributed by atoms with Crippen molar-refractivity contribution in [1.82, 2.24) is 15.5 Å². The van der Waals surface area contributed by atoms with Crippen molar-refractivity contribution in [3.05, 3.63) is 65.5 Å². The predicted molar refractivity (Wildman–Crippen MR) is 98.8 cm³/mol. The second kappa shape index (κ2) is 7.67. The maximum absolute atomic E-state index is 13.6. The van der Waals surface area contributed by atoms with Gasteiger partial charge in [-0.3, -0.25) is 14.5 Å². The molecule has 2 N–H and O–H groups in total. The van der Waals surface area contributed by atoms with Crippen LogP contribution in [0.1, 0.15) is 18.1 Å². The number of rotatable bonds is 6. The molecule has 0 spiro atoms. The van der Waals surface area contributed by atoms with Crippen molar-refractivity contribution in [3.63, 3.8) is 0 Å². The molecule has 1 fully saturated rings. The number of imide groups is 1. The van der Waals surface area contributed by atoms with Gasteiger partial charge < -0.3 is 15.4 Å². The molecule has 0 radical (unpaired) electrons. The lowest BCUT2D eigenvalue weighted by Gasteiger charge is -2.22. The van der Waals surface area contributed by atoms with Crippen molar-refractivity contribution in [2.75, 3.05) is 13.7 Å². The number of methoxy groups -OCH3 is 1. The topological polar surface area (TPSA) is 87.7 Å². The molecule has 4 amide bonds. The monoisotopic (exact) mass is 385 g/mol. The first-order valence-electron chi connectivity index (χ1n) is 8.64. The zero-order valence-corrected chi connectivity index (χ0v) is 15.5. The van der Waals surface area contributed by atoms with Crippen LogP contribution < -0.4 is 15.4 Å². The summed E-state index contributed by atoms with van der Waals surface area (Å²) in [6.45, 7) is 1.09. The molecule has 1 heterocycles. The van der Waals surface area contributed by atoms with E-state index in [1.54, 1.807) is 49.4 Å². The first kappa shape index (κ1) is 19.3. The van der Waals surface area contributed by atoms with E-state index in [4.69, 9.17) is 4.74 Å². The minimum absolute atomic E-state index is 0.0368. The Labute approximate surface area is 161 Å². The third-order valence-corrected chi connectivity index (χ3v) is 4.68. The van der Waals surface area contributed by atoms with Crippen molar-refractivity contribution >= 4 is 17.8 Å². The Balaban J connectivity index is 1.67. The average Bonchev–Trinajstić information content (AvgIpc) is 2.91. The van der Waals surface area contributed by atoms with E-state index in [0.29, 0.717) is 16.9 Å². The second-order valence-electron chi connectivity index (χ2n) is 6.54. The Morgan fingerprint density at radius 3 is 2.50 bits per heavy atom. The Bertz CT molecular complexity index is 916.